The highest BCUT2D eigenvalue weighted by atomic mass is 16.3. The van der Waals surface area contributed by atoms with E-state index >= 15 is 0 Å². The SMILES string of the molecule is C[C@H](Nc1ncc(C(N)=O)c(NC2CC[C@@H](C)[C@H](O)C2)n1)C1CCC1. The van der Waals surface area contributed by atoms with Crippen LogP contribution in [0.5, 0.6) is 0 Å². The fourth-order valence-corrected chi connectivity index (χ4v) is 3.63. The highest BCUT2D eigenvalue weighted by Crippen LogP contribution is 2.31. The molecule has 0 radical (unpaired) electrons. The van der Waals surface area contributed by atoms with Gasteiger partial charge < -0.3 is 21.5 Å². The molecule has 0 bridgehead atoms. The van der Waals surface area contributed by atoms with Crippen molar-refractivity contribution in [1.29, 1.82) is 0 Å². The first-order valence-electron chi connectivity index (χ1n) is 9.32. The average molecular weight is 347 g/mol. The molecule has 25 heavy (non-hydrogen) atoms. The topological polar surface area (TPSA) is 113 Å². The molecule has 0 saturated heterocycles. The minimum absolute atomic E-state index is 0.0797. The molecule has 7 heteroatoms. The zero-order valence-electron chi connectivity index (χ0n) is 15.0. The lowest BCUT2D eigenvalue weighted by Crippen LogP contribution is -2.36. The van der Waals surface area contributed by atoms with Crippen molar-refractivity contribution in [3.63, 3.8) is 0 Å². The maximum atomic E-state index is 11.7. The molecular formula is C18H29N5O2. The zero-order valence-corrected chi connectivity index (χ0v) is 15.0. The van der Waals surface area contributed by atoms with Crippen LogP contribution in [-0.2, 0) is 0 Å². The summed E-state index contributed by atoms with van der Waals surface area (Å²) in [4.78, 5) is 20.5. The number of aliphatic hydroxyl groups excluding tert-OH is 1. The molecule has 1 aromatic heterocycles. The number of hydrogen-bond donors (Lipinski definition) is 4. The molecule has 0 aliphatic heterocycles. The first kappa shape index (κ1) is 17.9. The number of nitrogens with zero attached hydrogens (tertiary/aromatic N) is 2. The van der Waals surface area contributed by atoms with Crippen LogP contribution < -0.4 is 16.4 Å². The molecule has 2 aliphatic carbocycles. The third-order valence-corrected chi connectivity index (χ3v) is 5.76. The van der Waals surface area contributed by atoms with Crippen LogP contribution in [0.2, 0.25) is 0 Å². The van der Waals surface area contributed by atoms with E-state index in [1.807, 2.05) is 0 Å². The van der Waals surface area contributed by atoms with Crippen molar-refractivity contribution in [2.75, 3.05) is 10.6 Å². The molecule has 1 aromatic rings. The fourth-order valence-electron chi connectivity index (χ4n) is 3.63. The Bertz CT molecular complexity index is 619. The van der Waals surface area contributed by atoms with Gasteiger partial charge in [0.05, 0.1) is 11.7 Å². The Labute approximate surface area is 148 Å². The van der Waals surface area contributed by atoms with E-state index in [-0.39, 0.29) is 17.7 Å². The van der Waals surface area contributed by atoms with Crippen LogP contribution in [0.1, 0.15) is 62.7 Å². The normalized spacial score (nSPS) is 28.0. The minimum atomic E-state index is -0.550. The van der Waals surface area contributed by atoms with Gasteiger partial charge >= 0.3 is 0 Å². The number of nitrogens with one attached hydrogen (secondary N) is 2. The summed E-state index contributed by atoms with van der Waals surface area (Å²) in [6, 6.07) is 0.384. The summed E-state index contributed by atoms with van der Waals surface area (Å²) < 4.78 is 0. The standard InChI is InChI=1S/C18H29N5O2/c1-10-6-7-13(8-15(10)24)22-17-14(16(19)25)9-20-18(23-17)21-11(2)12-4-3-5-12/h9-13,15,24H,3-8H2,1-2H3,(H2,19,25)(H2,20,21,22,23)/t10-,11+,13?,15-/m1/s1. The second kappa shape index (κ2) is 7.56. The summed E-state index contributed by atoms with van der Waals surface area (Å²) in [7, 11) is 0. The summed E-state index contributed by atoms with van der Waals surface area (Å²) in [6.07, 6.45) is 7.42. The van der Waals surface area contributed by atoms with Gasteiger partial charge in [-0.25, -0.2) is 4.98 Å². The molecule has 5 N–H and O–H groups in total. The van der Waals surface area contributed by atoms with Gasteiger partial charge in [0.1, 0.15) is 5.82 Å². The third kappa shape index (κ3) is 4.21. The first-order valence-corrected chi connectivity index (χ1v) is 9.32. The maximum Gasteiger partial charge on any atom is 0.254 e. The maximum absolute atomic E-state index is 11.7. The minimum Gasteiger partial charge on any atom is -0.393 e. The van der Waals surface area contributed by atoms with E-state index in [0.717, 1.165) is 12.8 Å². The van der Waals surface area contributed by atoms with Gasteiger partial charge in [0, 0.05) is 18.3 Å². The number of amides is 1. The van der Waals surface area contributed by atoms with Crippen LogP contribution in [0.25, 0.3) is 0 Å². The molecule has 2 aliphatic rings. The highest BCUT2D eigenvalue weighted by molar-refractivity contribution is 5.97. The summed E-state index contributed by atoms with van der Waals surface area (Å²) in [5, 5.41) is 16.7. The number of rotatable bonds is 6. The van der Waals surface area contributed by atoms with E-state index in [2.05, 4.69) is 34.4 Å². The van der Waals surface area contributed by atoms with Gasteiger partial charge in [-0.15, -0.1) is 0 Å². The molecule has 0 aromatic carbocycles. The monoisotopic (exact) mass is 347 g/mol. The quantitative estimate of drug-likeness (QED) is 0.627. The van der Waals surface area contributed by atoms with Crippen molar-refractivity contribution in [3.05, 3.63) is 11.8 Å². The molecule has 7 nitrogen and oxygen atoms in total. The van der Waals surface area contributed by atoms with E-state index in [4.69, 9.17) is 5.73 Å². The smallest absolute Gasteiger partial charge is 0.254 e. The molecule has 138 valence electrons. The largest absolute Gasteiger partial charge is 0.393 e. The number of nitrogens with two attached hydrogens (primary N) is 1. The molecule has 1 unspecified atom stereocenters. The predicted molar refractivity (Wildman–Crippen MR) is 97.4 cm³/mol. The number of primary amides is 1. The number of aromatic nitrogens is 2. The van der Waals surface area contributed by atoms with Gasteiger partial charge in [-0.3, -0.25) is 4.79 Å². The Morgan fingerprint density at radius 3 is 2.72 bits per heavy atom. The van der Waals surface area contributed by atoms with E-state index in [1.54, 1.807) is 0 Å². The van der Waals surface area contributed by atoms with E-state index in [1.165, 1.54) is 25.5 Å². The van der Waals surface area contributed by atoms with Crippen LogP contribution in [0.3, 0.4) is 0 Å². The van der Waals surface area contributed by atoms with Crippen LogP contribution in [-0.4, -0.2) is 39.2 Å². The Balaban J connectivity index is 1.73. The predicted octanol–water partition coefficient (Wildman–Crippen LogP) is 2.14. The van der Waals surface area contributed by atoms with Crippen molar-refractivity contribution >= 4 is 17.7 Å². The lowest BCUT2D eigenvalue weighted by atomic mass is 9.80. The van der Waals surface area contributed by atoms with Crippen molar-refractivity contribution in [1.82, 2.24) is 9.97 Å². The van der Waals surface area contributed by atoms with Crippen molar-refractivity contribution in [3.8, 4) is 0 Å². The molecule has 1 amide bonds. The van der Waals surface area contributed by atoms with Crippen LogP contribution >= 0.6 is 0 Å². The molecule has 2 fully saturated rings. The third-order valence-electron chi connectivity index (χ3n) is 5.76. The Morgan fingerprint density at radius 1 is 1.36 bits per heavy atom. The zero-order chi connectivity index (χ0) is 18.0. The Morgan fingerprint density at radius 2 is 2.12 bits per heavy atom. The number of carbonyl (C=O) groups is 1. The summed E-state index contributed by atoms with van der Waals surface area (Å²) in [6.45, 7) is 4.20. The lowest BCUT2D eigenvalue weighted by Gasteiger charge is -2.33. The van der Waals surface area contributed by atoms with Gasteiger partial charge in [-0.1, -0.05) is 13.3 Å². The van der Waals surface area contributed by atoms with Gasteiger partial charge in [-0.05, 0) is 50.9 Å². The number of anilines is 2. The van der Waals surface area contributed by atoms with Gasteiger partial charge in [0.15, 0.2) is 0 Å². The van der Waals surface area contributed by atoms with Crippen LogP contribution in [0.15, 0.2) is 6.20 Å². The average Bonchev–Trinajstić information content (AvgIpc) is 2.49. The Kier molecular flexibility index (Phi) is 5.42. The summed E-state index contributed by atoms with van der Waals surface area (Å²) >= 11 is 0. The molecule has 1 heterocycles. The highest BCUT2D eigenvalue weighted by Gasteiger charge is 2.28. The van der Waals surface area contributed by atoms with Crippen molar-refractivity contribution in [2.45, 2.75) is 70.6 Å². The second-order valence-electron chi connectivity index (χ2n) is 7.64. The van der Waals surface area contributed by atoms with Gasteiger partial charge in [0.25, 0.3) is 5.91 Å². The molecule has 2 saturated carbocycles. The number of carbonyl (C=O) groups excluding carboxylic acids is 1. The van der Waals surface area contributed by atoms with E-state index < -0.39 is 5.91 Å². The van der Waals surface area contributed by atoms with E-state index in [0.29, 0.717) is 36.1 Å². The van der Waals surface area contributed by atoms with Gasteiger partial charge in [-0.2, -0.15) is 4.98 Å². The molecule has 3 rings (SSSR count). The van der Waals surface area contributed by atoms with Crippen molar-refractivity contribution < 1.29 is 9.90 Å². The van der Waals surface area contributed by atoms with Gasteiger partial charge in [0.2, 0.25) is 5.95 Å². The molecular weight excluding hydrogens is 318 g/mol. The van der Waals surface area contributed by atoms with Crippen LogP contribution in [0.4, 0.5) is 11.8 Å². The summed E-state index contributed by atoms with van der Waals surface area (Å²) in [5.41, 5.74) is 5.76. The molecule has 0 spiro atoms. The van der Waals surface area contributed by atoms with Crippen molar-refractivity contribution in [2.24, 2.45) is 17.6 Å². The first-order chi connectivity index (χ1) is 11.9. The van der Waals surface area contributed by atoms with Crippen LogP contribution in [0, 0.1) is 11.8 Å². The lowest BCUT2D eigenvalue weighted by molar-refractivity contribution is 0.0739. The number of aliphatic hydroxyl groups is 1. The fraction of sp³-hybridized carbons (Fsp3) is 0.722. The molecule has 4 atom stereocenters. The Hall–Kier alpha value is -1.89. The van der Waals surface area contributed by atoms with E-state index in [9.17, 15) is 9.90 Å². The summed E-state index contributed by atoms with van der Waals surface area (Å²) in [5.74, 6) is 1.38. The number of hydrogen-bond acceptors (Lipinski definition) is 6. The second-order valence-corrected chi connectivity index (χ2v) is 7.64.